The van der Waals surface area contributed by atoms with Gasteiger partial charge in [-0.05, 0) is 29.8 Å². The Morgan fingerprint density at radius 2 is 2.29 bits per heavy atom. The number of hydrogen-bond acceptors (Lipinski definition) is 3. The van der Waals surface area contributed by atoms with Crippen LogP contribution in [-0.4, -0.2) is 23.2 Å². The smallest absolute Gasteiger partial charge is 0.328 e. The molecule has 0 aliphatic rings. The fourth-order valence-corrected chi connectivity index (χ4v) is 1.60. The summed E-state index contributed by atoms with van der Waals surface area (Å²) in [6, 6.07) is 7.36. The summed E-state index contributed by atoms with van der Waals surface area (Å²) in [4.78, 5) is 14.7. The van der Waals surface area contributed by atoms with E-state index in [1.165, 1.54) is 6.08 Å². The molecular weight excluding hydrogens is 218 g/mol. The van der Waals surface area contributed by atoms with Crippen molar-refractivity contribution in [2.45, 2.75) is 0 Å². The van der Waals surface area contributed by atoms with Gasteiger partial charge in [-0.3, -0.25) is 4.98 Å². The third-order valence-electron chi connectivity index (χ3n) is 2.33. The minimum atomic E-state index is -0.977. The number of aliphatic carboxylic acids is 1. The molecule has 0 unspecified atom stereocenters. The number of carboxylic acids is 1. The third kappa shape index (κ3) is 2.42. The van der Waals surface area contributed by atoms with Crippen LogP contribution >= 0.6 is 0 Å². The fraction of sp³-hybridized carbons (Fsp3) is 0.0769. The summed E-state index contributed by atoms with van der Waals surface area (Å²) in [6.45, 7) is 0. The van der Waals surface area contributed by atoms with Gasteiger partial charge in [0.05, 0.1) is 7.11 Å². The molecule has 2 aromatic rings. The molecule has 0 fully saturated rings. The Hall–Kier alpha value is -2.36. The molecule has 0 aliphatic heterocycles. The van der Waals surface area contributed by atoms with Crippen molar-refractivity contribution in [1.29, 1.82) is 0 Å². The van der Waals surface area contributed by atoms with E-state index in [4.69, 9.17) is 9.84 Å². The van der Waals surface area contributed by atoms with Crippen LogP contribution in [-0.2, 0) is 4.79 Å². The number of aromatic nitrogens is 1. The Morgan fingerprint density at radius 1 is 1.47 bits per heavy atom. The minimum Gasteiger partial charge on any atom is -0.494 e. The standard InChI is InChI=1S/C13H11NO3/c1-17-11-8-9(4-5-12(15)16)7-10-3-2-6-14-13(10)11/h2-8H,1H3,(H,15,16)/b5-4+. The van der Waals surface area contributed by atoms with Crippen molar-refractivity contribution >= 4 is 22.9 Å². The Balaban J connectivity index is 2.56. The van der Waals surface area contributed by atoms with Crippen LogP contribution in [0.1, 0.15) is 5.56 Å². The highest BCUT2D eigenvalue weighted by Crippen LogP contribution is 2.25. The van der Waals surface area contributed by atoms with E-state index in [0.717, 1.165) is 22.5 Å². The molecule has 86 valence electrons. The molecule has 17 heavy (non-hydrogen) atoms. The molecule has 4 nitrogen and oxygen atoms in total. The van der Waals surface area contributed by atoms with Gasteiger partial charge in [-0.1, -0.05) is 6.07 Å². The second-order valence-corrected chi connectivity index (χ2v) is 3.47. The Labute approximate surface area is 98.2 Å². The lowest BCUT2D eigenvalue weighted by Crippen LogP contribution is -1.90. The second kappa shape index (κ2) is 4.65. The van der Waals surface area contributed by atoms with E-state index in [-0.39, 0.29) is 0 Å². The maximum absolute atomic E-state index is 10.5. The first-order valence-electron chi connectivity index (χ1n) is 5.04. The van der Waals surface area contributed by atoms with Crippen LogP contribution in [0, 0.1) is 0 Å². The van der Waals surface area contributed by atoms with E-state index in [9.17, 15) is 4.79 Å². The first-order chi connectivity index (χ1) is 8.20. The minimum absolute atomic E-state index is 0.633. The van der Waals surface area contributed by atoms with Gasteiger partial charge >= 0.3 is 5.97 Å². The predicted molar refractivity (Wildman–Crippen MR) is 65.0 cm³/mol. The highest BCUT2D eigenvalue weighted by atomic mass is 16.5. The van der Waals surface area contributed by atoms with Gasteiger partial charge in [0.1, 0.15) is 11.3 Å². The van der Waals surface area contributed by atoms with Crippen LogP contribution < -0.4 is 4.74 Å². The topological polar surface area (TPSA) is 59.4 Å². The lowest BCUT2D eigenvalue weighted by atomic mass is 10.1. The number of fused-ring (bicyclic) bond motifs is 1. The number of hydrogen-bond donors (Lipinski definition) is 1. The lowest BCUT2D eigenvalue weighted by Gasteiger charge is -2.05. The van der Waals surface area contributed by atoms with E-state index in [1.807, 2.05) is 18.2 Å². The van der Waals surface area contributed by atoms with Gasteiger partial charge in [-0.2, -0.15) is 0 Å². The number of benzene rings is 1. The van der Waals surface area contributed by atoms with Crippen molar-refractivity contribution in [2.75, 3.05) is 7.11 Å². The van der Waals surface area contributed by atoms with Crippen molar-refractivity contribution < 1.29 is 14.6 Å². The lowest BCUT2D eigenvalue weighted by molar-refractivity contribution is -0.131. The number of pyridine rings is 1. The molecule has 0 saturated carbocycles. The summed E-state index contributed by atoms with van der Waals surface area (Å²) in [5.41, 5.74) is 1.53. The first kappa shape index (κ1) is 11.1. The molecule has 1 aromatic heterocycles. The molecular formula is C13H11NO3. The van der Waals surface area contributed by atoms with Gasteiger partial charge in [-0.25, -0.2) is 4.79 Å². The van der Waals surface area contributed by atoms with Crippen molar-refractivity contribution in [1.82, 2.24) is 4.98 Å². The molecule has 4 heteroatoms. The fourth-order valence-electron chi connectivity index (χ4n) is 1.60. The number of carbonyl (C=O) groups is 1. The second-order valence-electron chi connectivity index (χ2n) is 3.47. The van der Waals surface area contributed by atoms with Crippen molar-refractivity contribution in [3.63, 3.8) is 0 Å². The molecule has 2 rings (SSSR count). The maximum atomic E-state index is 10.5. The van der Waals surface area contributed by atoms with Gasteiger partial charge in [0.2, 0.25) is 0 Å². The van der Waals surface area contributed by atoms with E-state index >= 15 is 0 Å². The average molecular weight is 229 g/mol. The number of ether oxygens (including phenoxy) is 1. The normalized spacial score (nSPS) is 10.9. The van der Waals surface area contributed by atoms with Crippen LogP contribution in [0.15, 0.2) is 36.5 Å². The van der Waals surface area contributed by atoms with E-state index in [0.29, 0.717) is 5.75 Å². The van der Waals surface area contributed by atoms with Crippen LogP contribution in [0.2, 0.25) is 0 Å². The number of nitrogens with zero attached hydrogens (tertiary/aromatic N) is 1. The highest BCUT2D eigenvalue weighted by molar-refractivity contribution is 5.90. The quantitative estimate of drug-likeness (QED) is 0.820. The number of methoxy groups -OCH3 is 1. The van der Waals surface area contributed by atoms with Crippen LogP contribution in [0.25, 0.3) is 17.0 Å². The highest BCUT2D eigenvalue weighted by Gasteiger charge is 2.03. The molecule has 1 N–H and O–H groups in total. The van der Waals surface area contributed by atoms with Crippen LogP contribution in [0.5, 0.6) is 5.75 Å². The molecule has 1 heterocycles. The van der Waals surface area contributed by atoms with Gasteiger partial charge in [0.25, 0.3) is 0 Å². The zero-order valence-corrected chi connectivity index (χ0v) is 9.25. The zero-order valence-electron chi connectivity index (χ0n) is 9.25. The van der Waals surface area contributed by atoms with Crippen molar-refractivity contribution in [3.8, 4) is 5.75 Å². The Morgan fingerprint density at radius 3 is 3.00 bits per heavy atom. The molecule has 0 spiro atoms. The molecule has 0 amide bonds. The summed E-state index contributed by atoms with van der Waals surface area (Å²) < 4.78 is 5.23. The predicted octanol–water partition coefficient (Wildman–Crippen LogP) is 2.34. The average Bonchev–Trinajstić information content (AvgIpc) is 2.35. The summed E-state index contributed by atoms with van der Waals surface area (Å²) in [5.74, 6) is -0.344. The first-order valence-corrected chi connectivity index (χ1v) is 5.04. The third-order valence-corrected chi connectivity index (χ3v) is 2.33. The maximum Gasteiger partial charge on any atom is 0.328 e. The Kier molecular flexibility index (Phi) is 3.05. The number of rotatable bonds is 3. The molecule has 0 radical (unpaired) electrons. The molecule has 0 saturated heterocycles. The summed E-state index contributed by atoms with van der Waals surface area (Å²) in [7, 11) is 1.56. The largest absolute Gasteiger partial charge is 0.494 e. The van der Waals surface area contributed by atoms with Gasteiger partial charge < -0.3 is 9.84 Å². The summed E-state index contributed by atoms with van der Waals surface area (Å²) in [6.07, 6.45) is 4.31. The summed E-state index contributed by atoms with van der Waals surface area (Å²) in [5, 5.41) is 9.50. The van der Waals surface area contributed by atoms with E-state index < -0.39 is 5.97 Å². The van der Waals surface area contributed by atoms with Gasteiger partial charge in [0.15, 0.2) is 0 Å². The molecule has 0 bridgehead atoms. The SMILES string of the molecule is COc1cc(/C=C/C(=O)O)cc2cccnc12. The molecule has 0 aliphatic carbocycles. The molecule has 1 aromatic carbocycles. The van der Waals surface area contributed by atoms with Crippen molar-refractivity contribution in [3.05, 3.63) is 42.1 Å². The monoisotopic (exact) mass is 229 g/mol. The van der Waals surface area contributed by atoms with E-state index in [2.05, 4.69) is 4.98 Å². The summed E-state index contributed by atoms with van der Waals surface area (Å²) >= 11 is 0. The van der Waals surface area contributed by atoms with Crippen LogP contribution in [0.3, 0.4) is 0 Å². The van der Waals surface area contributed by atoms with Gasteiger partial charge in [-0.15, -0.1) is 0 Å². The van der Waals surface area contributed by atoms with E-state index in [1.54, 1.807) is 19.4 Å². The zero-order chi connectivity index (χ0) is 12.3. The Bertz CT molecular complexity index is 590. The van der Waals surface area contributed by atoms with Crippen LogP contribution in [0.4, 0.5) is 0 Å². The van der Waals surface area contributed by atoms with Crippen molar-refractivity contribution in [2.24, 2.45) is 0 Å². The number of carboxylic acid groups (broad SMARTS) is 1. The van der Waals surface area contributed by atoms with Gasteiger partial charge in [0, 0.05) is 17.7 Å². The molecule has 0 atom stereocenters.